The molecule has 0 aromatic heterocycles. The molecule has 0 bridgehead atoms. The second-order valence-electron chi connectivity index (χ2n) is 4.62. The fourth-order valence-electron chi connectivity index (χ4n) is 1.89. The zero-order valence-corrected chi connectivity index (χ0v) is 11.1. The van der Waals surface area contributed by atoms with Crippen molar-refractivity contribution in [3.8, 4) is 0 Å². The van der Waals surface area contributed by atoms with Crippen LogP contribution in [0.3, 0.4) is 0 Å². The van der Waals surface area contributed by atoms with Gasteiger partial charge in [-0.3, -0.25) is 4.79 Å². The lowest BCUT2D eigenvalue weighted by Gasteiger charge is -2.13. The minimum Gasteiger partial charge on any atom is -0.354 e. The molecule has 2 aromatic carbocycles. The van der Waals surface area contributed by atoms with Crippen molar-refractivity contribution in [2.24, 2.45) is 5.73 Å². The topological polar surface area (TPSA) is 55.1 Å². The first-order valence-corrected chi connectivity index (χ1v) is 6.47. The number of carbonyl (C=O) groups is 1. The number of hydrogen-bond acceptors (Lipinski definition) is 2. The van der Waals surface area contributed by atoms with Crippen LogP contribution in [0.15, 0.2) is 54.6 Å². The van der Waals surface area contributed by atoms with Crippen LogP contribution in [0.4, 0.5) is 4.39 Å². The summed E-state index contributed by atoms with van der Waals surface area (Å²) >= 11 is 0. The fraction of sp³-hybridized carbons (Fsp3) is 0.188. The maximum Gasteiger partial charge on any atom is 0.224 e. The van der Waals surface area contributed by atoms with Crippen LogP contribution in [0.2, 0.25) is 0 Å². The first-order chi connectivity index (χ1) is 9.65. The molecule has 4 heteroatoms. The third-order valence-electron chi connectivity index (χ3n) is 3.02. The van der Waals surface area contributed by atoms with Gasteiger partial charge in [0.1, 0.15) is 5.82 Å². The van der Waals surface area contributed by atoms with Crippen LogP contribution in [0.5, 0.6) is 0 Å². The van der Waals surface area contributed by atoms with Crippen molar-refractivity contribution in [1.29, 1.82) is 0 Å². The fourth-order valence-corrected chi connectivity index (χ4v) is 1.89. The minimum atomic E-state index is -0.305. The summed E-state index contributed by atoms with van der Waals surface area (Å²) in [6, 6.07) is 15.3. The molecule has 1 atom stereocenters. The summed E-state index contributed by atoms with van der Waals surface area (Å²) in [5.74, 6) is -0.428. The van der Waals surface area contributed by atoms with Crippen LogP contribution in [0.1, 0.15) is 17.2 Å². The van der Waals surface area contributed by atoms with Gasteiger partial charge in [0.15, 0.2) is 0 Å². The molecule has 20 heavy (non-hydrogen) atoms. The molecule has 0 saturated heterocycles. The highest BCUT2D eigenvalue weighted by Gasteiger charge is 2.08. The maximum atomic E-state index is 12.7. The molecule has 2 rings (SSSR count). The van der Waals surface area contributed by atoms with Crippen molar-refractivity contribution in [2.45, 2.75) is 12.5 Å². The van der Waals surface area contributed by atoms with E-state index in [4.69, 9.17) is 5.73 Å². The highest BCUT2D eigenvalue weighted by atomic mass is 19.1. The van der Waals surface area contributed by atoms with E-state index >= 15 is 0 Å². The van der Waals surface area contributed by atoms with Gasteiger partial charge in [0.05, 0.1) is 6.42 Å². The lowest BCUT2D eigenvalue weighted by Crippen LogP contribution is -2.32. The van der Waals surface area contributed by atoms with Gasteiger partial charge in [0.25, 0.3) is 0 Å². The molecule has 3 nitrogen and oxygen atoms in total. The average Bonchev–Trinajstić information content (AvgIpc) is 2.48. The van der Waals surface area contributed by atoms with E-state index in [9.17, 15) is 9.18 Å². The van der Waals surface area contributed by atoms with Gasteiger partial charge in [0.2, 0.25) is 5.91 Å². The Morgan fingerprint density at radius 1 is 1.10 bits per heavy atom. The zero-order valence-electron chi connectivity index (χ0n) is 11.1. The van der Waals surface area contributed by atoms with Gasteiger partial charge >= 0.3 is 0 Å². The molecule has 1 unspecified atom stereocenters. The minimum absolute atomic E-state index is 0.122. The Hall–Kier alpha value is -2.20. The van der Waals surface area contributed by atoms with Crippen LogP contribution >= 0.6 is 0 Å². The molecule has 0 spiro atoms. The number of nitrogens with two attached hydrogens (primary N) is 1. The molecular weight excluding hydrogens is 255 g/mol. The van der Waals surface area contributed by atoms with Crippen LogP contribution in [0.25, 0.3) is 0 Å². The predicted molar refractivity (Wildman–Crippen MR) is 76.5 cm³/mol. The van der Waals surface area contributed by atoms with Crippen molar-refractivity contribution in [2.75, 3.05) is 6.54 Å². The molecule has 0 aliphatic heterocycles. The van der Waals surface area contributed by atoms with Gasteiger partial charge < -0.3 is 11.1 Å². The number of rotatable bonds is 5. The van der Waals surface area contributed by atoms with E-state index in [2.05, 4.69) is 5.32 Å². The number of amides is 1. The van der Waals surface area contributed by atoms with Crippen molar-refractivity contribution in [3.05, 3.63) is 71.5 Å². The Morgan fingerprint density at radius 3 is 2.40 bits per heavy atom. The summed E-state index contributed by atoms with van der Waals surface area (Å²) in [4.78, 5) is 11.8. The van der Waals surface area contributed by atoms with E-state index in [-0.39, 0.29) is 24.2 Å². The monoisotopic (exact) mass is 272 g/mol. The Kier molecular flexibility index (Phi) is 4.85. The summed E-state index contributed by atoms with van der Waals surface area (Å²) in [6.45, 7) is 0.379. The Bertz CT molecular complexity index is 554. The largest absolute Gasteiger partial charge is 0.354 e. The molecule has 2 aromatic rings. The maximum absolute atomic E-state index is 12.7. The number of hydrogen-bond donors (Lipinski definition) is 2. The zero-order chi connectivity index (χ0) is 14.4. The second-order valence-corrected chi connectivity index (χ2v) is 4.62. The standard InChI is InChI=1S/C16H17FN2O/c17-14-8-6-12(7-9-14)10-16(20)19-11-15(18)13-4-2-1-3-5-13/h1-9,15H,10-11,18H2,(H,19,20). The summed E-state index contributed by atoms with van der Waals surface area (Å²) in [5.41, 5.74) is 7.75. The van der Waals surface area contributed by atoms with Gasteiger partial charge in [-0.05, 0) is 23.3 Å². The lowest BCUT2D eigenvalue weighted by atomic mass is 10.1. The number of benzene rings is 2. The summed E-state index contributed by atoms with van der Waals surface area (Å²) < 4.78 is 12.7. The quantitative estimate of drug-likeness (QED) is 0.876. The third kappa shape index (κ3) is 4.17. The molecule has 104 valence electrons. The van der Waals surface area contributed by atoms with Crippen LogP contribution < -0.4 is 11.1 Å². The Morgan fingerprint density at radius 2 is 1.75 bits per heavy atom. The molecule has 1 amide bonds. The predicted octanol–water partition coefficient (Wildman–Crippen LogP) is 2.18. The van der Waals surface area contributed by atoms with E-state index in [1.807, 2.05) is 30.3 Å². The second kappa shape index (κ2) is 6.82. The summed E-state index contributed by atoms with van der Waals surface area (Å²) in [5, 5.41) is 2.79. The molecule has 0 radical (unpaired) electrons. The number of halogens is 1. The smallest absolute Gasteiger partial charge is 0.224 e. The van der Waals surface area contributed by atoms with Crippen molar-refractivity contribution in [3.63, 3.8) is 0 Å². The molecule has 0 heterocycles. The van der Waals surface area contributed by atoms with E-state index < -0.39 is 0 Å². The third-order valence-corrected chi connectivity index (χ3v) is 3.02. The molecule has 0 saturated carbocycles. The molecule has 0 fully saturated rings. The number of carbonyl (C=O) groups excluding carboxylic acids is 1. The van der Waals surface area contributed by atoms with Gasteiger partial charge in [-0.25, -0.2) is 4.39 Å². The SMILES string of the molecule is NC(CNC(=O)Cc1ccc(F)cc1)c1ccccc1. The van der Waals surface area contributed by atoms with Crippen molar-refractivity contribution in [1.82, 2.24) is 5.32 Å². The molecule has 0 aliphatic carbocycles. The van der Waals surface area contributed by atoms with Gasteiger partial charge in [0, 0.05) is 12.6 Å². The van der Waals surface area contributed by atoms with E-state index in [0.29, 0.717) is 6.54 Å². The van der Waals surface area contributed by atoms with E-state index in [0.717, 1.165) is 11.1 Å². The van der Waals surface area contributed by atoms with Gasteiger partial charge in [-0.1, -0.05) is 42.5 Å². The molecule has 0 aliphatic rings. The van der Waals surface area contributed by atoms with Gasteiger partial charge in [-0.2, -0.15) is 0 Å². The first kappa shape index (κ1) is 14.2. The summed E-state index contributed by atoms with van der Waals surface area (Å²) in [7, 11) is 0. The Balaban J connectivity index is 1.82. The van der Waals surface area contributed by atoms with E-state index in [1.165, 1.54) is 12.1 Å². The van der Waals surface area contributed by atoms with Crippen molar-refractivity contribution < 1.29 is 9.18 Å². The normalized spacial score (nSPS) is 11.9. The number of nitrogens with one attached hydrogen (secondary N) is 1. The highest BCUT2D eigenvalue weighted by Crippen LogP contribution is 2.08. The van der Waals surface area contributed by atoms with Gasteiger partial charge in [-0.15, -0.1) is 0 Å². The lowest BCUT2D eigenvalue weighted by molar-refractivity contribution is -0.120. The van der Waals surface area contributed by atoms with Crippen LogP contribution in [-0.2, 0) is 11.2 Å². The van der Waals surface area contributed by atoms with E-state index in [1.54, 1.807) is 12.1 Å². The summed E-state index contributed by atoms with van der Waals surface area (Å²) in [6.07, 6.45) is 0.224. The molecule has 3 N–H and O–H groups in total. The molecular formula is C16H17FN2O. The van der Waals surface area contributed by atoms with Crippen molar-refractivity contribution >= 4 is 5.91 Å². The first-order valence-electron chi connectivity index (χ1n) is 6.47. The van der Waals surface area contributed by atoms with Crippen LogP contribution in [0, 0.1) is 5.82 Å². The highest BCUT2D eigenvalue weighted by molar-refractivity contribution is 5.78. The van der Waals surface area contributed by atoms with Crippen LogP contribution in [-0.4, -0.2) is 12.5 Å². The Labute approximate surface area is 117 Å². The average molecular weight is 272 g/mol.